The second-order valence-corrected chi connectivity index (χ2v) is 23.8. The van der Waals surface area contributed by atoms with Crippen LogP contribution in [0.2, 0.25) is 5.28 Å². The minimum Gasteiger partial charge on any atom is -0.505 e. The highest BCUT2D eigenvalue weighted by atomic mass is 35.5. The van der Waals surface area contributed by atoms with Gasteiger partial charge in [-0.15, -0.1) is 29.1 Å². The van der Waals surface area contributed by atoms with Gasteiger partial charge in [0.05, 0.1) is 62.2 Å². The van der Waals surface area contributed by atoms with Gasteiger partial charge >= 0.3 is 10.4 Å². The van der Waals surface area contributed by atoms with E-state index < -0.39 is 122 Å². The molecule has 0 amide bonds. The Morgan fingerprint density at radius 2 is 1.23 bits per heavy atom. The number of nitrogens with two attached hydrogens (primary N) is 1. The summed E-state index contributed by atoms with van der Waals surface area (Å²) < 4.78 is 175. The zero-order valence-electron chi connectivity index (χ0n) is 37.2. The van der Waals surface area contributed by atoms with E-state index in [1.165, 1.54) is 36.4 Å². The molecule has 0 unspecified atom stereocenters. The predicted octanol–water partition coefficient (Wildman–Crippen LogP) is 7.63. The molecule has 77 heavy (non-hydrogen) atoms. The number of aromatic hydroxyl groups is 1. The number of benzene rings is 6. The van der Waals surface area contributed by atoms with Gasteiger partial charge in [0.25, 0.3) is 30.4 Å². The highest BCUT2D eigenvalue weighted by molar-refractivity contribution is 7.95. The molecule has 32 nitrogen and oxygen atoms in total. The first-order valence-electron chi connectivity index (χ1n) is 19.9. The fraction of sp³-hybridized carbons (Fsp3) is 0.0541. The molecule has 0 atom stereocenters. The van der Waals surface area contributed by atoms with E-state index in [-0.39, 0.29) is 66.5 Å². The summed E-state index contributed by atoms with van der Waals surface area (Å²) in [5, 5.41) is 56.2. The quantitative estimate of drug-likeness (QED) is 0.00778. The van der Waals surface area contributed by atoms with Crippen LogP contribution in [-0.2, 0) is 73.5 Å². The minimum absolute atomic E-state index is 0.0259. The molecule has 0 aliphatic rings. The normalized spacial score (nSPS) is 12.8. The van der Waals surface area contributed by atoms with E-state index in [2.05, 4.69) is 69.0 Å². The van der Waals surface area contributed by atoms with Gasteiger partial charge in [-0.25, -0.2) is 23.1 Å². The van der Waals surface area contributed by atoms with Crippen LogP contribution in [0.5, 0.6) is 5.75 Å². The average molecular weight is 1230 g/mol. The van der Waals surface area contributed by atoms with Crippen molar-refractivity contribution in [2.75, 3.05) is 28.7 Å². The number of phenolic OH excluding ortho intramolecular Hbond substituents is 1. The van der Waals surface area contributed by atoms with Crippen LogP contribution in [0.15, 0.2) is 135 Å². The molecular formula is C37H29ClN10O22S7. The molecule has 0 saturated carbocycles. The number of fused-ring (bicyclic) bond motifs is 2. The molecule has 7 aromatic rings. The van der Waals surface area contributed by atoms with Crippen molar-refractivity contribution < 1.29 is 98.8 Å². The minimum atomic E-state index is -5.32. The number of azo groups is 2. The highest BCUT2D eigenvalue weighted by Crippen LogP contribution is 2.50. The molecule has 0 aliphatic carbocycles. The lowest BCUT2D eigenvalue weighted by Crippen LogP contribution is -2.15. The van der Waals surface area contributed by atoms with Gasteiger partial charge in [-0.05, 0) is 77.7 Å². The van der Waals surface area contributed by atoms with E-state index >= 15 is 0 Å². The Morgan fingerprint density at radius 3 is 1.86 bits per heavy atom. The largest absolute Gasteiger partial charge is 0.505 e. The van der Waals surface area contributed by atoms with E-state index in [1.54, 1.807) is 0 Å². The Hall–Kier alpha value is -6.45. The van der Waals surface area contributed by atoms with Gasteiger partial charge in [-0.3, -0.25) is 18.2 Å². The summed E-state index contributed by atoms with van der Waals surface area (Å²) in [6.07, 6.45) is 0. The van der Waals surface area contributed by atoms with Crippen molar-refractivity contribution in [3.8, 4) is 5.75 Å². The third-order valence-electron chi connectivity index (χ3n) is 9.76. The molecule has 40 heteroatoms. The number of sulfone groups is 1. The monoisotopic (exact) mass is 1220 g/mol. The van der Waals surface area contributed by atoms with Gasteiger partial charge in [-0.2, -0.15) is 48.6 Å². The molecular weight excluding hydrogens is 1200 g/mol. The van der Waals surface area contributed by atoms with Crippen LogP contribution in [0.1, 0.15) is 0 Å². The molecule has 0 fully saturated rings. The van der Waals surface area contributed by atoms with Gasteiger partial charge in [0.2, 0.25) is 17.2 Å². The maximum absolute atomic E-state index is 12.9. The molecule has 408 valence electrons. The van der Waals surface area contributed by atoms with Gasteiger partial charge < -0.3 is 21.5 Å². The smallest absolute Gasteiger partial charge is 0.397 e. The number of nitrogen functional groups attached to an aromatic ring is 1. The summed E-state index contributed by atoms with van der Waals surface area (Å²) in [4.78, 5) is 8.68. The number of aromatic nitrogens is 3. The van der Waals surface area contributed by atoms with Crippen molar-refractivity contribution >= 4 is 160 Å². The Balaban J connectivity index is 1.28. The first-order chi connectivity index (χ1) is 36.1. The van der Waals surface area contributed by atoms with Crippen molar-refractivity contribution in [2.45, 2.75) is 29.4 Å². The SMILES string of the molecule is Nc1c(N=Nc2cc(Nc3nc(Cl)nc(Nc4cccc(S(=O)(=O)CCOS(=O)(=O)O)c4)n3)ccc2SOOO)c(S(=O)(=O)O)cc2cc(SOOO)c(N=Nc3ccc4c(S(=O)(=O)O)cccc4c3S(=O)(=O)O)c(O)c12. The van der Waals surface area contributed by atoms with Crippen molar-refractivity contribution in [3.63, 3.8) is 0 Å². The number of nitrogens with zero attached hydrogens (tertiary/aromatic N) is 7. The second-order valence-electron chi connectivity index (χ2n) is 14.6. The summed E-state index contributed by atoms with van der Waals surface area (Å²) in [6.45, 7) is -0.884. The van der Waals surface area contributed by atoms with E-state index in [9.17, 15) is 60.9 Å². The van der Waals surface area contributed by atoms with Gasteiger partial charge in [0.1, 0.15) is 37.4 Å². The number of halogens is 1. The second kappa shape index (κ2) is 23.3. The molecule has 0 bridgehead atoms. The van der Waals surface area contributed by atoms with Crippen LogP contribution in [-0.4, -0.2) is 103 Å². The third kappa shape index (κ3) is 14.2. The Kier molecular flexibility index (Phi) is 17.6. The van der Waals surface area contributed by atoms with E-state index in [0.717, 1.165) is 48.5 Å². The Labute approximate surface area is 445 Å². The van der Waals surface area contributed by atoms with E-state index in [0.29, 0.717) is 12.0 Å². The number of hydrogen-bond donors (Lipinski definition) is 10. The van der Waals surface area contributed by atoms with Crippen LogP contribution in [0, 0.1) is 0 Å². The van der Waals surface area contributed by atoms with Crippen LogP contribution in [0.25, 0.3) is 21.5 Å². The zero-order valence-corrected chi connectivity index (χ0v) is 43.7. The number of hydrogen-bond acceptors (Lipinski definition) is 30. The van der Waals surface area contributed by atoms with Crippen LogP contribution in [0.4, 0.5) is 51.7 Å². The topological polar surface area (TPSA) is 497 Å². The molecule has 0 radical (unpaired) electrons. The van der Waals surface area contributed by atoms with E-state index in [1.807, 2.05) is 0 Å². The Bertz CT molecular complexity index is 4150. The van der Waals surface area contributed by atoms with Gasteiger partial charge in [0.15, 0.2) is 15.6 Å². The predicted molar refractivity (Wildman–Crippen MR) is 267 cm³/mol. The molecule has 0 saturated heterocycles. The van der Waals surface area contributed by atoms with Gasteiger partial charge in [-0.1, -0.05) is 34.3 Å². The molecule has 7 rings (SSSR count). The highest BCUT2D eigenvalue weighted by Gasteiger charge is 2.28. The standard InChI is InChI=1S/C37H29ClN10O22S7/c38-35-42-36(40-18-3-1-4-20(15-18)73(52,53)12-11-66-77(63,64)65)44-37(43-35)41-19-7-10-25(71-69-67-50)24(16-19)46-48-32-28(75(57,58)59)14-17-13-26(72-70-68-51)31(33(49)29(17)30(32)39)47-45-23-9-8-21-22(34(23)76(60,61)62)5-2-6-27(21)74(54,55)56/h1-10,13-16,49-51H,11-12,39H2,(H,54,55,56)(H,57,58,59)(H,60,61,62)(H,63,64,65)(H2,40,41,42,43,44). The first-order valence-corrected chi connectivity index (χ1v) is 29.1. The molecule has 1 heterocycles. The van der Waals surface area contributed by atoms with Crippen molar-refractivity contribution in [3.05, 3.63) is 90.2 Å². The number of phenols is 1. The van der Waals surface area contributed by atoms with E-state index in [4.69, 9.17) is 32.4 Å². The lowest BCUT2D eigenvalue weighted by molar-refractivity contribution is -0.432. The number of anilines is 5. The molecule has 6 aromatic carbocycles. The lowest BCUT2D eigenvalue weighted by Gasteiger charge is -2.14. The molecule has 11 N–H and O–H groups in total. The van der Waals surface area contributed by atoms with Crippen molar-refractivity contribution in [1.29, 1.82) is 0 Å². The van der Waals surface area contributed by atoms with Crippen LogP contribution < -0.4 is 16.4 Å². The van der Waals surface area contributed by atoms with Crippen LogP contribution in [0.3, 0.4) is 0 Å². The fourth-order valence-electron chi connectivity index (χ4n) is 6.75. The fourth-order valence-corrected chi connectivity index (χ4v) is 11.5. The summed E-state index contributed by atoms with van der Waals surface area (Å²) in [5.41, 5.74) is 3.43. The van der Waals surface area contributed by atoms with Crippen molar-refractivity contribution in [1.82, 2.24) is 15.0 Å². The first kappa shape index (κ1) is 58.2. The maximum Gasteiger partial charge on any atom is 0.397 e. The number of nitrogens with one attached hydrogen (secondary N) is 2. The summed E-state index contributed by atoms with van der Waals surface area (Å²) in [7, 11) is -24.6. The Morgan fingerprint density at radius 1 is 0.623 bits per heavy atom. The zero-order chi connectivity index (χ0) is 56.3. The lowest BCUT2D eigenvalue weighted by atomic mass is 10.1. The summed E-state index contributed by atoms with van der Waals surface area (Å²) in [5.74, 6) is -2.33. The van der Waals surface area contributed by atoms with Crippen molar-refractivity contribution in [2.24, 2.45) is 20.5 Å². The maximum atomic E-state index is 12.9. The molecule has 1 aromatic heterocycles. The summed E-state index contributed by atoms with van der Waals surface area (Å²) >= 11 is 6.63. The third-order valence-corrected chi connectivity index (χ3v) is 16.1. The number of rotatable bonds is 22. The van der Waals surface area contributed by atoms with Gasteiger partial charge in [0, 0.05) is 22.1 Å². The molecule has 0 spiro atoms. The van der Waals surface area contributed by atoms with Crippen LogP contribution >= 0.6 is 35.7 Å². The average Bonchev–Trinajstić information content (AvgIpc) is 3.37. The molecule has 0 aliphatic heterocycles. The summed E-state index contributed by atoms with van der Waals surface area (Å²) in [6, 6.07) is 15.7.